The van der Waals surface area contributed by atoms with Gasteiger partial charge in [-0.1, -0.05) is 48.5 Å². The van der Waals surface area contributed by atoms with E-state index in [1.165, 1.54) is 16.5 Å². The fourth-order valence-corrected chi connectivity index (χ4v) is 4.47. The Morgan fingerprint density at radius 3 is 2.42 bits per heavy atom. The number of nitrogens with zero attached hydrogens (tertiary/aromatic N) is 1. The number of fused-ring (bicyclic) bond motifs is 1. The van der Waals surface area contributed by atoms with Crippen LogP contribution in [0.3, 0.4) is 0 Å². The standard InChI is InChI=1S/C27H33N3O3/c1-27(2,3)33-26(32)30-15-13-20(14-16-30)25(31)29-17-22(19-9-5-4-6-10-19)23-18-28-24-12-8-7-11-21(23)24/h4-12,18,20,22,28H,13-17H2,1-3H3,(H,29,31). The third-order valence-electron chi connectivity index (χ3n) is 6.20. The first-order valence-electron chi connectivity index (χ1n) is 11.7. The van der Waals surface area contributed by atoms with Crippen molar-refractivity contribution in [3.05, 3.63) is 71.9 Å². The molecule has 1 aliphatic heterocycles. The van der Waals surface area contributed by atoms with Gasteiger partial charge in [-0.05, 0) is 50.8 Å². The van der Waals surface area contributed by atoms with Crippen LogP contribution < -0.4 is 5.32 Å². The molecule has 0 spiro atoms. The number of hydrogen-bond donors (Lipinski definition) is 2. The van der Waals surface area contributed by atoms with Crippen molar-refractivity contribution in [2.24, 2.45) is 5.92 Å². The van der Waals surface area contributed by atoms with Crippen LogP contribution in [0.5, 0.6) is 0 Å². The average molecular weight is 448 g/mol. The first-order valence-corrected chi connectivity index (χ1v) is 11.7. The van der Waals surface area contributed by atoms with Gasteiger partial charge in [0.15, 0.2) is 0 Å². The molecule has 1 aromatic heterocycles. The molecule has 6 heteroatoms. The van der Waals surface area contributed by atoms with Crippen LogP contribution in [0.15, 0.2) is 60.8 Å². The maximum atomic E-state index is 13.0. The second-order valence-electron chi connectivity index (χ2n) is 9.74. The quantitative estimate of drug-likeness (QED) is 0.574. The molecule has 4 rings (SSSR count). The highest BCUT2D eigenvalue weighted by Gasteiger charge is 2.30. The van der Waals surface area contributed by atoms with Crippen molar-refractivity contribution in [2.75, 3.05) is 19.6 Å². The highest BCUT2D eigenvalue weighted by molar-refractivity contribution is 5.84. The van der Waals surface area contributed by atoms with Crippen LogP contribution in [-0.4, -0.2) is 47.1 Å². The van der Waals surface area contributed by atoms with Crippen molar-refractivity contribution >= 4 is 22.9 Å². The van der Waals surface area contributed by atoms with Crippen molar-refractivity contribution < 1.29 is 14.3 Å². The molecular formula is C27H33N3O3. The summed E-state index contributed by atoms with van der Waals surface area (Å²) >= 11 is 0. The monoisotopic (exact) mass is 447 g/mol. The van der Waals surface area contributed by atoms with Gasteiger partial charge in [0, 0.05) is 48.6 Å². The SMILES string of the molecule is CC(C)(C)OC(=O)N1CCC(C(=O)NCC(c2ccccc2)c2c[nH]c3ccccc23)CC1. The molecule has 1 unspecified atom stereocenters. The third kappa shape index (κ3) is 5.56. The number of carbonyl (C=O) groups is 2. The van der Waals surface area contributed by atoms with Gasteiger partial charge in [0.1, 0.15) is 5.60 Å². The van der Waals surface area contributed by atoms with Gasteiger partial charge in [0.25, 0.3) is 0 Å². The van der Waals surface area contributed by atoms with Crippen molar-refractivity contribution in [3.63, 3.8) is 0 Å². The maximum Gasteiger partial charge on any atom is 0.410 e. The third-order valence-corrected chi connectivity index (χ3v) is 6.20. The lowest BCUT2D eigenvalue weighted by atomic mass is 9.90. The second kappa shape index (κ2) is 9.69. The van der Waals surface area contributed by atoms with E-state index in [0.29, 0.717) is 32.5 Å². The number of amides is 2. The molecule has 1 atom stereocenters. The van der Waals surface area contributed by atoms with Crippen LogP contribution in [-0.2, 0) is 9.53 Å². The van der Waals surface area contributed by atoms with Crippen LogP contribution in [0, 0.1) is 5.92 Å². The minimum absolute atomic E-state index is 0.0492. The van der Waals surface area contributed by atoms with Crippen LogP contribution in [0.1, 0.15) is 50.7 Å². The molecule has 2 amide bonds. The molecule has 3 aromatic rings. The predicted octanol–water partition coefficient (Wildman–Crippen LogP) is 5.06. The minimum Gasteiger partial charge on any atom is -0.444 e. The van der Waals surface area contributed by atoms with Gasteiger partial charge in [-0.15, -0.1) is 0 Å². The summed E-state index contributed by atoms with van der Waals surface area (Å²) in [5, 5.41) is 4.37. The molecule has 33 heavy (non-hydrogen) atoms. The number of aromatic nitrogens is 1. The number of aromatic amines is 1. The lowest BCUT2D eigenvalue weighted by molar-refractivity contribution is -0.126. The number of ether oxygens (including phenoxy) is 1. The molecule has 174 valence electrons. The van der Waals surface area contributed by atoms with Crippen molar-refractivity contribution in [1.82, 2.24) is 15.2 Å². The summed E-state index contributed by atoms with van der Waals surface area (Å²) < 4.78 is 5.46. The van der Waals surface area contributed by atoms with E-state index in [2.05, 4.69) is 34.6 Å². The van der Waals surface area contributed by atoms with Gasteiger partial charge in [0.2, 0.25) is 5.91 Å². The van der Waals surface area contributed by atoms with Crippen LogP contribution in [0.2, 0.25) is 0 Å². The number of H-pyrrole nitrogens is 1. The molecule has 0 bridgehead atoms. The molecule has 6 nitrogen and oxygen atoms in total. The van der Waals surface area contributed by atoms with Gasteiger partial charge in [-0.3, -0.25) is 4.79 Å². The molecule has 1 aliphatic rings. The van der Waals surface area contributed by atoms with E-state index in [1.54, 1.807) is 4.90 Å². The van der Waals surface area contributed by atoms with E-state index in [1.807, 2.05) is 57.3 Å². The Kier molecular flexibility index (Phi) is 6.72. The van der Waals surface area contributed by atoms with E-state index in [-0.39, 0.29) is 23.8 Å². The maximum absolute atomic E-state index is 13.0. The highest BCUT2D eigenvalue weighted by Crippen LogP contribution is 2.30. The topological polar surface area (TPSA) is 74.4 Å². The zero-order valence-electron chi connectivity index (χ0n) is 19.6. The van der Waals surface area contributed by atoms with Gasteiger partial charge in [-0.2, -0.15) is 0 Å². The Morgan fingerprint density at radius 1 is 1.06 bits per heavy atom. The molecule has 0 saturated carbocycles. The van der Waals surface area contributed by atoms with Gasteiger partial charge in [0.05, 0.1) is 0 Å². The summed E-state index contributed by atoms with van der Waals surface area (Å²) in [6.07, 6.45) is 3.04. The first-order chi connectivity index (χ1) is 15.8. The summed E-state index contributed by atoms with van der Waals surface area (Å²) in [6.45, 7) is 7.19. The number of carbonyl (C=O) groups excluding carboxylic acids is 2. The number of para-hydroxylation sites is 1. The Morgan fingerprint density at radius 2 is 1.73 bits per heavy atom. The summed E-state index contributed by atoms with van der Waals surface area (Å²) in [7, 11) is 0. The molecule has 2 N–H and O–H groups in total. The lowest BCUT2D eigenvalue weighted by Crippen LogP contribution is -2.45. The largest absolute Gasteiger partial charge is 0.444 e. The van der Waals surface area contributed by atoms with Gasteiger partial charge in [-0.25, -0.2) is 4.79 Å². The zero-order chi connectivity index (χ0) is 23.4. The number of likely N-dealkylation sites (tertiary alicyclic amines) is 1. The first kappa shape index (κ1) is 22.9. The summed E-state index contributed by atoms with van der Waals surface area (Å²) in [4.78, 5) is 30.4. The number of hydrogen-bond acceptors (Lipinski definition) is 3. The van der Waals surface area contributed by atoms with Gasteiger partial charge < -0.3 is 19.9 Å². The van der Waals surface area contributed by atoms with Crippen LogP contribution in [0.25, 0.3) is 10.9 Å². The lowest BCUT2D eigenvalue weighted by Gasteiger charge is -2.33. The minimum atomic E-state index is -0.514. The average Bonchev–Trinajstić information content (AvgIpc) is 3.23. The number of piperidine rings is 1. The molecule has 0 aliphatic carbocycles. The Bertz CT molecular complexity index is 1090. The Labute approximate surface area is 195 Å². The molecule has 2 heterocycles. The summed E-state index contributed by atoms with van der Waals surface area (Å²) in [5.74, 6) is 0.0100. The van der Waals surface area contributed by atoms with E-state index < -0.39 is 5.60 Å². The van der Waals surface area contributed by atoms with Crippen molar-refractivity contribution in [3.8, 4) is 0 Å². The zero-order valence-corrected chi connectivity index (χ0v) is 19.6. The van der Waals surface area contributed by atoms with E-state index in [0.717, 1.165) is 5.52 Å². The second-order valence-corrected chi connectivity index (χ2v) is 9.74. The van der Waals surface area contributed by atoms with Crippen LogP contribution >= 0.6 is 0 Å². The summed E-state index contributed by atoms with van der Waals surface area (Å²) in [6, 6.07) is 18.5. The van der Waals surface area contributed by atoms with E-state index >= 15 is 0 Å². The molecular weight excluding hydrogens is 414 g/mol. The van der Waals surface area contributed by atoms with E-state index in [9.17, 15) is 9.59 Å². The van der Waals surface area contributed by atoms with Crippen molar-refractivity contribution in [1.29, 1.82) is 0 Å². The molecule has 0 radical (unpaired) electrons. The van der Waals surface area contributed by atoms with Crippen molar-refractivity contribution in [2.45, 2.75) is 45.1 Å². The molecule has 2 aromatic carbocycles. The van der Waals surface area contributed by atoms with Crippen LogP contribution in [0.4, 0.5) is 4.79 Å². The number of benzene rings is 2. The number of rotatable bonds is 5. The fraction of sp³-hybridized carbons (Fsp3) is 0.407. The fourth-order valence-electron chi connectivity index (χ4n) is 4.47. The smallest absolute Gasteiger partial charge is 0.410 e. The molecule has 1 saturated heterocycles. The number of nitrogens with one attached hydrogen (secondary N) is 2. The Balaban J connectivity index is 1.41. The molecule has 1 fully saturated rings. The highest BCUT2D eigenvalue weighted by atomic mass is 16.6. The predicted molar refractivity (Wildman–Crippen MR) is 130 cm³/mol. The normalized spacial score (nSPS) is 15.9. The Hall–Kier alpha value is -3.28. The summed E-state index contributed by atoms with van der Waals surface area (Å²) in [5.41, 5.74) is 2.92. The van der Waals surface area contributed by atoms with Gasteiger partial charge >= 0.3 is 6.09 Å². The van der Waals surface area contributed by atoms with E-state index in [4.69, 9.17) is 4.74 Å².